The third kappa shape index (κ3) is 9.28. The summed E-state index contributed by atoms with van der Waals surface area (Å²) in [6.45, 7) is 1.79. The number of carbonyl (C=O) groups excluding carboxylic acids is 1. The highest BCUT2D eigenvalue weighted by atomic mass is 32.1. The first-order valence-corrected chi connectivity index (χ1v) is 5.09. The third-order valence-electron chi connectivity index (χ3n) is 1.08. The molecule has 0 atom stereocenters. The zero-order valence-electron chi connectivity index (χ0n) is 7.90. The number of ether oxygens (including phenoxy) is 1. The number of thiol groups is 1. The van der Waals surface area contributed by atoms with Crippen LogP contribution in [0.15, 0.2) is 24.4 Å². The normalized spacial score (nSPS) is 8.43. The van der Waals surface area contributed by atoms with Gasteiger partial charge in [0.25, 0.3) is 0 Å². The number of H-pyrrole nitrogens is 1. The van der Waals surface area contributed by atoms with Crippen LogP contribution in [0.2, 0.25) is 0 Å². The summed E-state index contributed by atoms with van der Waals surface area (Å²) in [7, 11) is 0. The molecule has 1 rings (SSSR count). The van der Waals surface area contributed by atoms with E-state index in [4.69, 9.17) is 12.2 Å². The van der Waals surface area contributed by atoms with Gasteiger partial charge in [-0.05, 0) is 12.1 Å². The van der Waals surface area contributed by atoms with Crippen LogP contribution in [0, 0.1) is 4.64 Å². The van der Waals surface area contributed by atoms with Crippen LogP contribution in [-0.2, 0) is 9.53 Å². The molecule has 0 fully saturated rings. The lowest BCUT2D eigenvalue weighted by Crippen LogP contribution is -2.00. The summed E-state index contributed by atoms with van der Waals surface area (Å²) in [6, 6.07) is 5.64. The predicted octanol–water partition coefficient (Wildman–Crippen LogP) is 2.22. The van der Waals surface area contributed by atoms with E-state index < -0.39 is 0 Å². The Hall–Kier alpha value is -0.810. The van der Waals surface area contributed by atoms with Crippen molar-refractivity contribution in [1.82, 2.24) is 4.98 Å². The summed E-state index contributed by atoms with van der Waals surface area (Å²) in [5.74, 6) is 0.355. The standard InChI is InChI=1S/C5H5NS.C4H8O2S/c7-5-3-1-2-4-6-5;1-4(5)6-2-3-7/h1-4H,(H,6,7);7H,2-3H2,1H3. The number of pyridine rings is 1. The molecular weight excluding hydrogens is 218 g/mol. The van der Waals surface area contributed by atoms with Crippen LogP contribution in [0.4, 0.5) is 0 Å². The zero-order valence-corrected chi connectivity index (χ0v) is 9.61. The minimum atomic E-state index is -0.242. The van der Waals surface area contributed by atoms with E-state index in [9.17, 15) is 4.79 Å². The molecule has 1 heterocycles. The molecule has 14 heavy (non-hydrogen) atoms. The number of nitrogens with one attached hydrogen (secondary N) is 1. The van der Waals surface area contributed by atoms with Crippen molar-refractivity contribution in [3.63, 3.8) is 0 Å². The molecule has 0 radical (unpaired) electrons. The van der Waals surface area contributed by atoms with Crippen molar-refractivity contribution in [2.75, 3.05) is 12.4 Å². The smallest absolute Gasteiger partial charge is 0.302 e. The van der Waals surface area contributed by atoms with Crippen molar-refractivity contribution in [2.45, 2.75) is 6.92 Å². The molecule has 0 aliphatic rings. The topological polar surface area (TPSA) is 42.1 Å². The Kier molecular flexibility index (Phi) is 8.27. The monoisotopic (exact) mass is 231 g/mol. The molecule has 0 unspecified atom stereocenters. The van der Waals surface area contributed by atoms with Crippen molar-refractivity contribution < 1.29 is 9.53 Å². The summed E-state index contributed by atoms with van der Waals surface area (Å²) in [4.78, 5) is 12.8. The number of rotatable bonds is 2. The first-order chi connectivity index (χ1) is 6.66. The van der Waals surface area contributed by atoms with Gasteiger partial charge in [0.1, 0.15) is 11.2 Å². The predicted molar refractivity (Wildman–Crippen MR) is 62.1 cm³/mol. The van der Waals surface area contributed by atoms with Crippen molar-refractivity contribution in [3.8, 4) is 0 Å². The summed E-state index contributed by atoms with van der Waals surface area (Å²) in [5, 5.41) is 0. The second-order valence-corrected chi connectivity index (χ2v) is 3.18. The zero-order chi connectivity index (χ0) is 10.8. The maximum absolute atomic E-state index is 9.95. The second-order valence-electron chi connectivity index (χ2n) is 2.29. The Bertz CT molecular complexity index is 294. The molecule has 1 aromatic rings. The lowest BCUT2D eigenvalue weighted by atomic mass is 10.5. The highest BCUT2D eigenvalue weighted by Gasteiger charge is 1.85. The molecule has 1 aromatic heterocycles. The van der Waals surface area contributed by atoms with Crippen LogP contribution in [0.5, 0.6) is 0 Å². The average molecular weight is 231 g/mol. The minimum absolute atomic E-state index is 0.242. The Labute approximate surface area is 93.9 Å². The highest BCUT2D eigenvalue weighted by Crippen LogP contribution is 1.80. The number of hydrogen-bond donors (Lipinski definition) is 2. The quantitative estimate of drug-likeness (QED) is 0.466. The van der Waals surface area contributed by atoms with Crippen LogP contribution in [0.1, 0.15) is 6.92 Å². The molecule has 0 spiro atoms. The van der Waals surface area contributed by atoms with Crippen LogP contribution < -0.4 is 0 Å². The Morgan fingerprint density at radius 3 is 2.57 bits per heavy atom. The van der Waals surface area contributed by atoms with E-state index in [-0.39, 0.29) is 5.97 Å². The van der Waals surface area contributed by atoms with Crippen LogP contribution >= 0.6 is 24.8 Å². The number of aromatic nitrogens is 1. The van der Waals surface area contributed by atoms with E-state index in [1.807, 2.05) is 24.4 Å². The van der Waals surface area contributed by atoms with Crippen LogP contribution in [0.3, 0.4) is 0 Å². The first-order valence-electron chi connectivity index (χ1n) is 4.04. The van der Waals surface area contributed by atoms with Gasteiger partial charge in [0.15, 0.2) is 0 Å². The molecule has 0 bridgehead atoms. The van der Waals surface area contributed by atoms with Crippen molar-refractivity contribution in [3.05, 3.63) is 29.0 Å². The summed E-state index contributed by atoms with van der Waals surface area (Å²) in [5.41, 5.74) is 0. The van der Waals surface area contributed by atoms with Gasteiger partial charge in [0, 0.05) is 18.9 Å². The average Bonchev–Trinajstić information content (AvgIpc) is 2.17. The lowest BCUT2D eigenvalue weighted by molar-refractivity contribution is -0.140. The minimum Gasteiger partial charge on any atom is -0.465 e. The van der Waals surface area contributed by atoms with Crippen molar-refractivity contribution >= 4 is 30.8 Å². The van der Waals surface area contributed by atoms with Gasteiger partial charge in [-0.3, -0.25) is 4.79 Å². The molecule has 0 aliphatic heterocycles. The van der Waals surface area contributed by atoms with Gasteiger partial charge in [0.2, 0.25) is 0 Å². The van der Waals surface area contributed by atoms with Crippen molar-refractivity contribution in [2.24, 2.45) is 0 Å². The number of carbonyl (C=O) groups is 1. The number of esters is 1. The molecule has 78 valence electrons. The van der Waals surface area contributed by atoms with E-state index in [1.165, 1.54) is 6.92 Å². The fourth-order valence-corrected chi connectivity index (χ4v) is 0.804. The molecule has 0 saturated heterocycles. The van der Waals surface area contributed by atoms with Gasteiger partial charge < -0.3 is 9.72 Å². The van der Waals surface area contributed by atoms with Gasteiger partial charge >= 0.3 is 5.97 Å². The largest absolute Gasteiger partial charge is 0.465 e. The van der Waals surface area contributed by atoms with Crippen molar-refractivity contribution in [1.29, 1.82) is 0 Å². The Morgan fingerprint density at radius 2 is 2.36 bits per heavy atom. The lowest BCUT2D eigenvalue weighted by Gasteiger charge is -1.93. The fourth-order valence-electron chi connectivity index (χ4n) is 0.566. The molecule has 0 aromatic carbocycles. The second kappa shape index (κ2) is 8.77. The van der Waals surface area contributed by atoms with Gasteiger partial charge in [-0.2, -0.15) is 12.6 Å². The van der Waals surface area contributed by atoms with Crippen LogP contribution in [0.25, 0.3) is 0 Å². The van der Waals surface area contributed by atoms with E-state index in [0.717, 1.165) is 4.64 Å². The maximum atomic E-state index is 9.95. The molecule has 1 N–H and O–H groups in total. The van der Waals surface area contributed by atoms with Gasteiger partial charge in [-0.25, -0.2) is 0 Å². The maximum Gasteiger partial charge on any atom is 0.302 e. The number of aromatic amines is 1. The third-order valence-corrected chi connectivity index (χ3v) is 1.51. The Balaban J connectivity index is 0.000000241. The van der Waals surface area contributed by atoms with Gasteiger partial charge in [0.05, 0.1) is 0 Å². The van der Waals surface area contributed by atoms with E-state index in [0.29, 0.717) is 12.4 Å². The molecule has 5 heteroatoms. The molecular formula is C9H13NO2S2. The molecule has 3 nitrogen and oxygen atoms in total. The fraction of sp³-hybridized carbons (Fsp3) is 0.333. The van der Waals surface area contributed by atoms with Gasteiger partial charge in [-0.15, -0.1) is 0 Å². The summed E-state index contributed by atoms with van der Waals surface area (Å²) in [6.07, 6.45) is 1.81. The molecule has 0 saturated carbocycles. The highest BCUT2D eigenvalue weighted by molar-refractivity contribution is 7.80. The SMILES string of the molecule is CC(=O)OCCS.S=c1cccc[nH]1. The van der Waals surface area contributed by atoms with E-state index >= 15 is 0 Å². The summed E-state index contributed by atoms with van der Waals surface area (Å²) >= 11 is 8.57. The summed E-state index contributed by atoms with van der Waals surface area (Å²) < 4.78 is 5.26. The van der Waals surface area contributed by atoms with E-state index in [2.05, 4.69) is 22.3 Å². The van der Waals surface area contributed by atoms with Crippen LogP contribution in [-0.4, -0.2) is 23.3 Å². The molecule has 0 aliphatic carbocycles. The van der Waals surface area contributed by atoms with Gasteiger partial charge in [-0.1, -0.05) is 18.3 Å². The Morgan fingerprint density at radius 1 is 1.64 bits per heavy atom. The number of hydrogen-bond acceptors (Lipinski definition) is 4. The first kappa shape index (κ1) is 13.2. The van der Waals surface area contributed by atoms with E-state index in [1.54, 1.807) is 0 Å². The molecule has 0 amide bonds.